The normalized spacial score (nSPS) is 16.1. The Morgan fingerprint density at radius 1 is 1.04 bits per heavy atom. The van der Waals surface area contributed by atoms with Crippen molar-refractivity contribution in [1.29, 1.82) is 0 Å². The maximum Gasteiger partial charge on any atom is 0.293 e. The molecule has 5 heteroatoms. The van der Waals surface area contributed by atoms with Gasteiger partial charge in [0.15, 0.2) is 0 Å². The van der Waals surface area contributed by atoms with Crippen molar-refractivity contribution in [3.8, 4) is 5.75 Å². The Hall–Kier alpha value is -2.53. The van der Waals surface area contributed by atoms with Crippen LogP contribution in [-0.4, -0.2) is 22.2 Å². The highest BCUT2D eigenvalue weighted by Crippen LogP contribution is 2.33. The van der Waals surface area contributed by atoms with E-state index in [0.29, 0.717) is 11.4 Å². The zero-order chi connectivity index (χ0) is 17.8. The van der Waals surface area contributed by atoms with E-state index >= 15 is 0 Å². The van der Waals surface area contributed by atoms with Gasteiger partial charge in [-0.1, -0.05) is 42.5 Å². The second-order valence-electron chi connectivity index (χ2n) is 5.99. The summed E-state index contributed by atoms with van der Waals surface area (Å²) in [5, 5.41) is -0.236. The molecule has 1 aliphatic rings. The van der Waals surface area contributed by atoms with Crippen LogP contribution in [0.5, 0.6) is 5.75 Å². The largest absolute Gasteiger partial charge is 0.491 e. The number of imide groups is 1. The molecule has 25 heavy (non-hydrogen) atoms. The van der Waals surface area contributed by atoms with E-state index in [2.05, 4.69) is 0 Å². The molecule has 0 saturated carbocycles. The molecule has 1 saturated heterocycles. The minimum atomic E-state index is -0.249. The first-order valence-corrected chi connectivity index (χ1v) is 8.90. The molecule has 0 bridgehead atoms. The maximum atomic E-state index is 12.5. The van der Waals surface area contributed by atoms with Crippen LogP contribution in [0.4, 0.5) is 4.79 Å². The lowest BCUT2D eigenvalue weighted by molar-refractivity contribution is -0.123. The van der Waals surface area contributed by atoms with Crippen molar-refractivity contribution in [2.75, 3.05) is 0 Å². The van der Waals surface area contributed by atoms with Gasteiger partial charge in [-0.25, -0.2) is 0 Å². The minimum Gasteiger partial charge on any atom is -0.491 e. The fourth-order valence-electron chi connectivity index (χ4n) is 2.47. The Morgan fingerprint density at radius 3 is 2.36 bits per heavy atom. The summed E-state index contributed by atoms with van der Waals surface area (Å²) in [6.07, 6.45) is 1.86. The summed E-state index contributed by atoms with van der Waals surface area (Å²) in [5.41, 5.74) is 1.79. The molecule has 2 aromatic rings. The van der Waals surface area contributed by atoms with Crippen LogP contribution in [-0.2, 0) is 11.3 Å². The Labute approximate surface area is 151 Å². The first-order chi connectivity index (χ1) is 12.0. The molecule has 0 atom stereocenters. The van der Waals surface area contributed by atoms with E-state index in [4.69, 9.17) is 4.74 Å². The molecule has 1 aliphatic heterocycles. The zero-order valence-electron chi connectivity index (χ0n) is 14.1. The van der Waals surface area contributed by atoms with Crippen LogP contribution >= 0.6 is 11.8 Å². The van der Waals surface area contributed by atoms with Crippen molar-refractivity contribution in [2.45, 2.75) is 26.5 Å². The lowest BCUT2D eigenvalue weighted by Crippen LogP contribution is -2.27. The van der Waals surface area contributed by atoms with Crippen LogP contribution in [0.25, 0.3) is 6.08 Å². The van der Waals surface area contributed by atoms with E-state index in [1.807, 2.05) is 68.4 Å². The second kappa shape index (κ2) is 7.57. The van der Waals surface area contributed by atoms with Crippen LogP contribution < -0.4 is 4.74 Å². The highest BCUT2D eigenvalue weighted by molar-refractivity contribution is 8.18. The molecule has 1 fully saturated rings. The molecule has 0 N–H and O–H groups in total. The highest BCUT2D eigenvalue weighted by Gasteiger charge is 2.34. The van der Waals surface area contributed by atoms with Crippen LogP contribution in [0.15, 0.2) is 59.5 Å². The van der Waals surface area contributed by atoms with Gasteiger partial charge in [0.2, 0.25) is 0 Å². The van der Waals surface area contributed by atoms with Gasteiger partial charge in [-0.05, 0) is 54.9 Å². The van der Waals surface area contributed by atoms with Crippen LogP contribution in [0.3, 0.4) is 0 Å². The van der Waals surface area contributed by atoms with Crippen LogP contribution in [0, 0.1) is 0 Å². The number of amides is 2. The van der Waals surface area contributed by atoms with Gasteiger partial charge in [0.05, 0.1) is 17.6 Å². The summed E-state index contributed by atoms with van der Waals surface area (Å²) in [7, 11) is 0. The number of carbonyl (C=O) groups excluding carboxylic acids is 2. The topological polar surface area (TPSA) is 46.6 Å². The van der Waals surface area contributed by atoms with Gasteiger partial charge in [0, 0.05) is 0 Å². The lowest BCUT2D eigenvalue weighted by atomic mass is 10.2. The molecule has 3 rings (SSSR count). The Morgan fingerprint density at radius 2 is 1.72 bits per heavy atom. The zero-order valence-corrected chi connectivity index (χ0v) is 15.0. The molecule has 128 valence electrons. The first-order valence-electron chi connectivity index (χ1n) is 8.09. The maximum absolute atomic E-state index is 12.5. The van der Waals surface area contributed by atoms with E-state index < -0.39 is 0 Å². The predicted molar refractivity (Wildman–Crippen MR) is 100 cm³/mol. The molecule has 4 nitrogen and oxygen atoms in total. The SMILES string of the molecule is CC(C)Oc1ccc(/C=C2\SC(=O)N(Cc3ccccc3)C2=O)cc1. The quantitative estimate of drug-likeness (QED) is 0.730. The molecular formula is C20H19NO3S. The first kappa shape index (κ1) is 17.3. The molecule has 0 radical (unpaired) electrons. The smallest absolute Gasteiger partial charge is 0.293 e. The van der Waals surface area contributed by atoms with E-state index in [-0.39, 0.29) is 17.3 Å². The predicted octanol–water partition coefficient (Wildman–Crippen LogP) is 4.71. The number of ether oxygens (including phenoxy) is 1. The standard InChI is InChI=1S/C20H19NO3S/c1-14(2)24-17-10-8-15(9-11-17)12-18-19(22)21(20(23)25-18)13-16-6-4-3-5-7-16/h3-12,14H,13H2,1-2H3/b18-12-. The monoisotopic (exact) mass is 353 g/mol. The second-order valence-corrected chi connectivity index (χ2v) is 6.98. The summed E-state index contributed by atoms with van der Waals surface area (Å²) in [6.45, 7) is 4.23. The molecule has 2 amide bonds. The van der Waals surface area contributed by atoms with Crippen molar-refractivity contribution < 1.29 is 14.3 Å². The fourth-order valence-corrected chi connectivity index (χ4v) is 3.31. The molecule has 0 aromatic heterocycles. The lowest BCUT2D eigenvalue weighted by Gasteiger charge is -2.12. The Balaban J connectivity index is 1.73. The third-order valence-electron chi connectivity index (χ3n) is 3.61. The summed E-state index contributed by atoms with van der Waals surface area (Å²) < 4.78 is 5.61. The van der Waals surface area contributed by atoms with E-state index in [9.17, 15) is 9.59 Å². The van der Waals surface area contributed by atoms with Crippen molar-refractivity contribution in [2.24, 2.45) is 0 Å². The number of carbonyl (C=O) groups is 2. The minimum absolute atomic E-state index is 0.111. The Bertz CT molecular complexity index is 797. The van der Waals surface area contributed by atoms with E-state index in [1.54, 1.807) is 6.08 Å². The summed E-state index contributed by atoms with van der Waals surface area (Å²) in [4.78, 5) is 26.4. The average molecular weight is 353 g/mol. The van der Waals surface area contributed by atoms with E-state index in [0.717, 1.165) is 28.6 Å². The molecule has 1 heterocycles. The summed E-state index contributed by atoms with van der Waals surface area (Å²) >= 11 is 0.978. The summed E-state index contributed by atoms with van der Waals surface area (Å²) in [5.74, 6) is 0.533. The number of hydrogen-bond acceptors (Lipinski definition) is 4. The highest BCUT2D eigenvalue weighted by atomic mass is 32.2. The average Bonchev–Trinajstić information content (AvgIpc) is 2.85. The molecular weight excluding hydrogens is 334 g/mol. The van der Waals surface area contributed by atoms with Crippen molar-refractivity contribution in [3.05, 3.63) is 70.6 Å². The number of rotatable bonds is 5. The van der Waals surface area contributed by atoms with Crippen molar-refractivity contribution in [3.63, 3.8) is 0 Å². The number of thioether (sulfide) groups is 1. The van der Waals surface area contributed by atoms with Crippen LogP contribution in [0.2, 0.25) is 0 Å². The van der Waals surface area contributed by atoms with Crippen molar-refractivity contribution in [1.82, 2.24) is 4.90 Å². The molecule has 0 unspecified atom stereocenters. The number of nitrogens with zero attached hydrogens (tertiary/aromatic N) is 1. The van der Waals surface area contributed by atoms with Gasteiger partial charge >= 0.3 is 0 Å². The van der Waals surface area contributed by atoms with Gasteiger partial charge in [0.1, 0.15) is 5.75 Å². The molecule has 0 spiro atoms. The third kappa shape index (κ3) is 4.31. The van der Waals surface area contributed by atoms with Gasteiger partial charge < -0.3 is 4.74 Å². The van der Waals surface area contributed by atoms with Crippen LogP contribution in [0.1, 0.15) is 25.0 Å². The number of hydrogen-bond donors (Lipinski definition) is 0. The van der Waals surface area contributed by atoms with Gasteiger partial charge in [0.25, 0.3) is 11.1 Å². The van der Waals surface area contributed by atoms with Crippen molar-refractivity contribution >= 4 is 29.0 Å². The van der Waals surface area contributed by atoms with Gasteiger partial charge in [-0.3, -0.25) is 14.5 Å². The van der Waals surface area contributed by atoms with Gasteiger partial charge in [-0.2, -0.15) is 0 Å². The molecule has 2 aromatic carbocycles. The van der Waals surface area contributed by atoms with Gasteiger partial charge in [-0.15, -0.1) is 0 Å². The Kier molecular flexibility index (Phi) is 5.24. The summed E-state index contributed by atoms with van der Waals surface area (Å²) in [6, 6.07) is 17.0. The third-order valence-corrected chi connectivity index (χ3v) is 4.51. The number of benzene rings is 2. The fraction of sp³-hybridized carbons (Fsp3) is 0.200. The van der Waals surface area contributed by atoms with E-state index in [1.165, 1.54) is 4.90 Å². The molecule has 0 aliphatic carbocycles.